The van der Waals surface area contributed by atoms with Gasteiger partial charge in [0.2, 0.25) is 0 Å². The van der Waals surface area contributed by atoms with Crippen LogP contribution in [-0.2, 0) is 6.61 Å². The van der Waals surface area contributed by atoms with Gasteiger partial charge in [0.25, 0.3) is 5.91 Å². The zero-order chi connectivity index (χ0) is 17.9. The van der Waals surface area contributed by atoms with E-state index in [4.69, 9.17) is 4.74 Å². The minimum Gasteiger partial charge on any atom is -0.488 e. The normalized spacial score (nSPS) is 15.6. The highest BCUT2D eigenvalue weighted by molar-refractivity contribution is 9.10. The van der Waals surface area contributed by atoms with E-state index in [1.807, 2.05) is 72.8 Å². The number of fused-ring (bicyclic) bond motifs is 1. The highest BCUT2D eigenvalue weighted by Gasteiger charge is 2.24. The number of para-hydroxylation sites is 1. The van der Waals surface area contributed by atoms with Crippen LogP contribution in [0.4, 0.5) is 5.69 Å². The Kier molecular flexibility index (Phi) is 4.63. The van der Waals surface area contributed by atoms with Crippen molar-refractivity contribution in [3.8, 4) is 5.75 Å². The van der Waals surface area contributed by atoms with Crippen LogP contribution in [0.3, 0.4) is 0 Å². The second-order valence-electron chi connectivity index (χ2n) is 6.06. The summed E-state index contributed by atoms with van der Waals surface area (Å²) in [4.78, 5) is 12.3. The van der Waals surface area contributed by atoms with E-state index in [1.54, 1.807) is 0 Å². The lowest BCUT2D eigenvalue weighted by molar-refractivity contribution is 0.0935. The highest BCUT2D eigenvalue weighted by atomic mass is 79.9. The van der Waals surface area contributed by atoms with E-state index in [0.29, 0.717) is 12.2 Å². The molecular formula is C21H17BrN2O2. The molecule has 0 bridgehead atoms. The van der Waals surface area contributed by atoms with Gasteiger partial charge in [-0.05, 0) is 51.3 Å². The van der Waals surface area contributed by atoms with E-state index in [2.05, 4.69) is 26.6 Å². The van der Waals surface area contributed by atoms with Crippen LogP contribution in [0, 0.1) is 0 Å². The van der Waals surface area contributed by atoms with E-state index in [1.165, 1.54) is 0 Å². The second-order valence-corrected chi connectivity index (χ2v) is 6.91. The van der Waals surface area contributed by atoms with Crippen molar-refractivity contribution in [2.24, 2.45) is 0 Å². The Labute approximate surface area is 160 Å². The minimum absolute atomic E-state index is 0.0788. The van der Waals surface area contributed by atoms with Crippen LogP contribution in [0.2, 0.25) is 0 Å². The van der Waals surface area contributed by atoms with Gasteiger partial charge in [-0.3, -0.25) is 4.79 Å². The first-order valence-electron chi connectivity index (χ1n) is 8.33. The van der Waals surface area contributed by atoms with Gasteiger partial charge in [-0.15, -0.1) is 0 Å². The summed E-state index contributed by atoms with van der Waals surface area (Å²) in [6, 6.07) is 23.4. The molecule has 0 saturated carbocycles. The van der Waals surface area contributed by atoms with E-state index in [0.717, 1.165) is 27.0 Å². The van der Waals surface area contributed by atoms with Gasteiger partial charge >= 0.3 is 0 Å². The standard InChI is InChI=1S/C21H17BrN2O2/c22-17-12-15(10-11-19(17)26-13-14-6-2-1-3-7-14)20-23-18-9-5-4-8-16(18)21(25)24-20/h1-12,20,23H,13H2,(H,24,25)/t20-/m1/s1. The van der Waals surface area contributed by atoms with Crippen molar-refractivity contribution in [3.05, 3.63) is 94.0 Å². The molecule has 1 atom stereocenters. The van der Waals surface area contributed by atoms with Gasteiger partial charge in [0.05, 0.1) is 10.0 Å². The molecular weight excluding hydrogens is 392 g/mol. The van der Waals surface area contributed by atoms with Gasteiger partial charge in [-0.1, -0.05) is 48.5 Å². The van der Waals surface area contributed by atoms with Gasteiger partial charge in [0.15, 0.2) is 0 Å². The fourth-order valence-corrected chi connectivity index (χ4v) is 3.43. The van der Waals surface area contributed by atoms with Crippen molar-refractivity contribution < 1.29 is 9.53 Å². The minimum atomic E-state index is -0.281. The van der Waals surface area contributed by atoms with Crippen LogP contribution >= 0.6 is 15.9 Å². The average molecular weight is 409 g/mol. The van der Waals surface area contributed by atoms with Gasteiger partial charge in [-0.2, -0.15) is 0 Å². The summed E-state index contributed by atoms with van der Waals surface area (Å²) in [5, 5.41) is 6.34. The summed E-state index contributed by atoms with van der Waals surface area (Å²) in [7, 11) is 0. The summed E-state index contributed by atoms with van der Waals surface area (Å²) in [6.07, 6.45) is -0.281. The molecule has 0 fully saturated rings. The Morgan fingerprint density at radius 3 is 2.50 bits per heavy atom. The van der Waals surface area contributed by atoms with E-state index >= 15 is 0 Å². The highest BCUT2D eigenvalue weighted by Crippen LogP contribution is 2.32. The fraction of sp³-hybridized carbons (Fsp3) is 0.0952. The molecule has 0 aliphatic carbocycles. The fourth-order valence-electron chi connectivity index (χ4n) is 2.92. The lowest BCUT2D eigenvalue weighted by Crippen LogP contribution is -2.38. The lowest BCUT2D eigenvalue weighted by Gasteiger charge is -2.28. The van der Waals surface area contributed by atoms with Gasteiger partial charge in [0, 0.05) is 5.69 Å². The van der Waals surface area contributed by atoms with E-state index in [9.17, 15) is 4.79 Å². The van der Waals surface area contributed by atoms with Crippen LogP contribution in [0.5, 0.6) is 5.75 Å². The Morgan fingerprint density at radius 2 is 1.69 bits per heavy atom. The molecule has 0 saturated heterocycles. The van der Waals surface area contributed by atoms with Crippen LogP contribution < -0.4 is 15.4 Å². The zero-order valence-electron chi connectivity index (χ0n) is 13.9. The van der Waals surface area contributed by atoms with Crippen LogP contribution in [0.1, 0.15) is 27.7 Å². The van der Waals surface area contributed by atoms with Crippen molar-refractivity contribution in [1.29, 1.82) is 0 Å². The molecule has 3 aromatic carbocycles. The largest absolute Gasteiger partial charge is 0.488 e. The van der Waals surface area contributed by atoms with Gasteiger partial charge in [0.1, 0.15) is 18.5 Å². The van der Waals surface area contributed by atoms with Crippen molar-refractivity contribution in [2.45, 2.75) is 12.8 Å². The summed E-state index contributed by atoms with van der Waals surface area (Å²) in [5.74, 6) is 0.685. The molecule has 4 nitrogen and oxygen atoms in total. The van der Waals surface area contributed by atoms with Crippen LogP contribution in [0.15, 0.2) is 77.3 Å². The molecule has 4 rings (SSSR count). The number of anilines is 1. The van der Waals surface area contributed by atoms with Crippen LogP contribution in [0.25, 0.3) is 0 Å². The quantitative estimate of drug-likeness (QED) is 0.646. The molecule has 130 valence electrons. The zero-order valence-corrected chi connectivity index (χ0v) is 15.5. The third kappa shape index (κ3) is 3.44. The Hall–Kier alpha value is -2.79. The number of hydrogen-bond acceptors (Lipinski definition) is 3. The first-order chi connectivity index (χ1) is 12.7. The first-order valence-corrected chi connectivity index (χ1v) is 9.12. The topological polar surface area (TPSA) is 50.4 Å². The molecule has 1 aliphatic heterocycles. The molecule has 2 N–H and O–H groups in total. The molecule has 1 aliphatic rings. The van der Waals surface area contributed by atoms with Crippen molar-refractivity contribution in [1.82, 2.24) is 5.32 Å². The second kappa shape index (κ2) is 7.22. The Bertz CT molecular complexity index is 944. The number of hydrogen-bond donors (Lipinski definition) is 2. The number of rotatable bonds is 4. The summed E-state index contributed by atoms with van der Waals surface area (Å²) < 4.78 is 6.74. The Morgan fingerprint density at radius 1 is 0.923 bits per heavy atom. The molecule has 0 aromatic heterocycles. The van der Waals surface area contributed by atoms with Gasteiger partial charge in [-0.25, -0.2) is 0 Å². The van der Waals surface area contributed by atoms with Crippen molar-refractivity contribution in [2.75, 3.05) is 5.32 Å². The third-order valence-corrected chi connectivity index (χ3v) is 4.89. The summed E-state index contributed by atoms with van der Waals surface area (Å²) in [5.41, 5.74) is 3.56. The van der Waals surface area contributed by atoms with E-state index < -0.39 is 0 Å². The van der Waals surface area contributed by atoms with Crippen LogP contribution in [-0.4, -0.2) is 5.91 Å². The first kappa shape index (κ1) is 16.7. The predicted octanol–water partition coefficient (Wildman–Crippen LogP) is 4.88. The molecule has 1 amide bonds. The number of halogens is 1. The maximum absolute atomic E-state index is 12.3. The summed E-state index contributed by atoms with van der Waals surface area (Å²) in [6.45, 7) is 0.505. The lowest BCUT2D eigenvalue weighted by atomic mass is 10.1. The molecule has 0 radical (unpaired) electrons. The predicted molar refractivity (Wildman–Crippen MR) is 105 cm³/mol. The van der Waals surface area contributed by atoms with E-state index in [-0.39, 0.29) is 12.1 Å². The average Bonchev–Trinajstić information content (AvgIpc) is 2.68. The third-order valence-electron chi connectivity index (χ3n) is 4.27. The van der Waals surface area contributed by atoms with Crippen molar-refractivity contribution >= 4 is 27.5 Å². The number of carbonyl (C=O) groups is 1. The number of amides is 1. The maximum atomic E-state index is 12.3. The molecule has 26 heavy (non-hydrogen) atoms. The molecule has 0 unspecified atom stereocenters. The monoisotopic (exact) mass is 408 g/mol. The molecule has 0 spiro atoms. The maximum Gasteiger partial charge on any atom is 0.255 e. The van der Waals surface area contributed by atoms with Gasteiger partial charge < -0.3 is 15.4 Å². The molecule has 5 heteroatoms. The molecule has 1 heterocycles. The number of ether oxygens (including phenoxy) is 1. The summed E-state index contributed by atoms with van der Waals surface area (Å²) >= 11 is 3.57. The SMILES string of the molecule is O=C1N[C@H](c2ccc(OCc3ccccc3)c(Br)c2)Nc2ccccc21. The smallest absolute Gasteiger partial charge is 0.255 e. The Balaban J connectivity index is 1.50. The number of nitrogens with one attached hydrogen (secondary N) is 2. The molecule has 3 aromatic rings. The number of benzene rings is 3. The van der Waals surface area contributed by atoms with Crippen molar-refractivity contribution in [3.63, 3.8) is 0 Å². The number of carbonyl (C=O) groups excluding carboxylic acids is 1.